The average Bonchev–Trinajstić information content (AvgIpc) is 3.43. The van der Waals surface area contributed by atoms with Gasteiger partial charge in [-0.15, -0.1) is 6.58 Å². The van der Waals surface area contributed by atoms with Gasteiger partial charge in [0.25, 0.3) is 0 Å². The van der Waals surface area contributed by atoms with Gasteiger partial charge < -0.3 is 9.47 Å². The Morgan fingerprint density at radius 1 is 0.973 bits per heavy atom. The van der Waals surface area contributed by atoms with E-state index in [1.165, 1.54) is 60.4 Å². The zero-order chi connectivity index (χ0) is 28.8. The fourth-order valence-corrected chi connectivity index (χ4v) is 4.57. The van der Waals surface area contributed by atoms with Crippen LogP contribution in [0, 0.1) is 17.3 Å². The van der Waals surface area contributed by atoms with Crippen LogP contribution in [0.2, 0.25) is 0 Å². The van der Waals surface area contributed by atoms with Crippen LogP contribution in [0.3, 0.4) is 0 Å². The highest BCUT2D eigenvalue weighted by Gasteiger charge is 2.32. The third-order valence-electron chi connectivity index (χ3n) is 6.08. The first-order valence-corrected chi connectivity index (χ1v) is 14.5. The summed E-state index contributed by atoms with van der Waals surface area (Å²) in [6.45, 7) is 35.2. The third kappa shape index (κ3) is 12.2. The lowest BCUT2D eigenvalue weighted by atomic mass is 9.80. The predicted octanol–water partition coefficient (Wildman–Crippen LogP) is 10.4. The molecular formula is C34H59N3. The van der Waals surface area contributed by atoms with Gasteiger partial charge in [-0.05, 0) is 62.8 Å². The lowest BCUT2D eigenvalue weighted by Gasteiger charge is -2.37. The topological polar surface area (TPSA) is 21.1 Å². The van der Waals surface area contributed by atoms with Crippen molar-refractivity contribution in [1.29, 1.82) is 0 Å². The lowest BCUT2D eigenvalue weighted by Crippen LogP contribution is -2.34. The minimum absolute atomic E-state index is 0.452. The number of rotatable bonds is 4. The average molecular weight is 510 g/mol. The van der Waals surface area contributed by atoms with Crippen molar-refractivity contribution in [2.24, 2.45) is 17.3 Å². The summed E-state index contributed by atoms with van der Waals surface area (Å²) < 4.78 is 2.38. The normalized spacial score (nSPS) is 16.5. The molecule has 2 unspecified atom stereocenters. The van der Waals surface area contributed by atoms with E-state index in [1.54, 1.807) is 0 Å². The van der Waals surface area contributed by atoms with E-state index in [4.69, 9.17) is 0 Å². The van der Waals surface area contributed by atoms with Gasteiger partial charge in [-0.2, -0.15) is 0 Å². The summed E-state index contributed by atoms with van der Waals surface area (Å²) >= 11 is 0. The quantitative estimate of drug-likeness (QED) is 0.382. The van der Waals surface area contributed by atoms with E-state index in [0.717, 1.165) is 11.8 Å². The molecule has 2 aliphatic heterocycles. The van der Waals surface area contributed by atoms with Gasteiger partial charge in [-0.3, -0.25) is 0 Å². The second kappa shape index (κ2) is 17.3. The molecule has 0 saturated carbocycles. The first kappa shape index (κ1) is 34.7. The number of benzene rings is 1. The van der Waals surface area contributed by atoms with E-state index < -0.39 is 0 Å². The minimum Gasteiger partial charge on any atom is -0.376 e. The summed E-state index contributed by atoms with van der Waals surface area (Å²) in [4.78, 5) is 6.82. The van der Waals surface area contributed by atoms with E-state index in [9.17, 15) is 0 Å². The standard InChI is InChI=1S/C21H27N3.C5H12.C4H8.2C2H6/c1-15(2)23-10-8-17(9-11-23)16(3)12-20-18-6-4-5-7-19(18)21-13-22-14-24(20)21;1-5(2,3)4;1-4(2)3;2*1-2/h4-7,13-14,16-17,20H,1,8-12H2,2-3H3;1-4H3;1H2,2-3H3;2*1-2H3. The highest BCUT2D eigenvalue weighted by atomic mass is 15.1. The monoisotopic (exact) mass is 509 g/mol. The van der Waals surface area contributed by atoms with Crippen molar-refractivity contribution in [2.75, 3.05) is 13.1 Å². The number of allylic oxidation sites excluding steroid dienone is 2. The summed E-state index contributed by atoms with van der Waals surface area (Å²) in [7, 11) is 0. The van der Waals surface area contributed by atoms with E-state index in [0.29, 0.717) is 11.5 Å². The molecule has 0 spiro atoms. The molecule has 0 amide bonds. The largest absolute Gasteiger partial charge is 0.376 e. The Balaban J connectivity index is 0.000000846. The molecule has 1 fully saturated rings. The fourth-order valence-electron chi connectivity index (χ4n) is 4.57. The minimum atomic E-state index is 0.452. The van der Waals surface area contributed by atoms with Crippen molar-refractivity contribution in [3.63, 3.8) is 0 Å². The molecule has 3 nitrogen and oxygen atoms in total. The second-order valence-electron chi connectivity index (χ2n) is 11.8. The van der Waals surface area contributed by atoms with E-state index in [1.807, 2.05) is 54.1 Å². The van der Waals surface area contributed by atoms with Gasteiger partial charge in [0, 0.05) is 24.4 Å². The van der Waals surface area contributed by atoms with Gasteiger partial charge in [0.05, 0.1) is 24.3 Å². The van der Waals surface area contributed by atoms with Crippen LogP contribution in [-0.4, -0.2) is 27.5 Å². The number of piperidine rings is 1. The molecule has 37 heavy (non-hydrogen) atoms. The Hall–Kier alpha value is -2.29. The molecule has 2 aromatic rings. The van der Waals surface area contributed by atoms with Crippen molar-refractivity contribution in [1.82, 2.24) is 14.5 Å². The van der Waals surface area contributed by atoms with Gasteiger partial charge in [0.1, 0.15) is 0 Å². The molecule has 0 N–H and O–H groups in total. The summed E-state index contributed by atoms with van der Waals surface area (Å²) in [6, 6.07) is 9.28. The zero-order valence-electron chi connectivity index (χ0n) is 26.5. The molecule has 3 heterocycles. The third-order valence-corrected chi connectivity index (χ3v) is 6.08. The smallest absolute Gasteiger partial charge is 0.0956 e. The van der Waals surface area contributed by atoms with Crippen molar-refractivity contribution in [3.8, 4) is 11.3 Å². The molecule has 0 aliphatic carbocycles. The van der Waals surface area contributed by atoms with Crippen LogP contribution in [0.25, 0.3) is 11.3 Å². The maximum Gasteiger partial charge on any atom is 0.0956 e. The van der Waals surface area contributed by atoms with Crippen LogP contribution in [0.4, 0.5) is 0 Å². The summed E-state index contributed by atoms with van der Waals surface area (Å²) in [5.41, 5.74) is 7.00. The van der Waals surface area contributed by atoms with E-state index >= 15 is 0 Å². The molecule has 2 atom stereocenters. The van der Waals surface area contributed by atoms with Crippen LogP contribution in [0.1, 0.15) is 114 Å². The fraction of sp³-hybridized carbons (Fsp3) is 0.618. The van der Waals surface area contributed by atoms with Crippen molar-refractivity contribution in [3.05, 3.63) is 66.8 Å². The van der Waals surface area contributed by atoms with Crippen LogP contribution in [0.15, 0.2) is 61.2 Å². The van der Waals surface area contributed by atoms with Crippen LogP contribution < -0.4 is 0 Å². The lowest BCUT2D eigenvalue weighted by molar-refractivity contribution is 0.172. The zero-order valence-corrected chi connectivity index (χ0v) is 26.5. The molecule has 2 aliphatic rings. The number of aromatic nitrogens is 2. The molecule has 3 heteroatoms. The van der Waals surface area contributed by atoms with Gasteiger partial charge >= 0.3 is 0 Å². The molecule has 0 radical (unpaired) electrons. The van der Waals surface area contributed by atoms with Crippen molar-refractivity contribution >= 4 is 0 Å². The maximum atomic E-state index is 4.39. The summed E-state index contributed by atoms with van der Waals surface area (Å²) in [5.74, 6) is 1.55. The molecular weight excluding hydrogens is 450 g/mol. The van der Waals surface area contributed by atoms with Crippen LogP contribution in [0.5, 0.6) is 0 Å². The Kier molecular flexibility index (Phi) is 16.2. The summed E-state index contributed by atoms with van der Waals surface area (Å²) in [5, 5.41) is 0. The molecule has 0 bridgehead atoms. The van der Waals surface area contributed by atoms with Gasteiger partial charge in [-0.25, -0.2) is 4.98 Å². The Labute approximate surface area is 231 Å². The number of hydrogen-bond donors (Lipinski definition) is 0. The maximum absolute atomic E-state index is 4.39. The second-order valence-corrected chi connectivity index (χ2v) is 11.8. The highest BCUT2D eigenvalue weighted by Crippen LogP contribution is 2.43. The Bertz CT molecular complexity index is 897. The number of nitrogens with zero attached hydrogens (tertiary/aromatic N) is 3. The van der Waals surface area contributed by atoms with Gasteiger partial charge in [0.2, 0.25) is 0 Å². The van der Waals surface area contributed by atoms with Crippen molar-refractivity contribution < 1.29 is 0 Å². The Morgan fingerprint density at radius 2 is 1.46 bits per heavy atom. The first-order chi connectivity index (χ1) is 17.4. The molecule has 4 rings (SSSR count). The predicted molar refractivity (Wildman–Crippen MR) is 167 cm³/mol. The van der Waals surface area contributed by atoms with Gasteiger partial charge in [-0.1, -0.05) is 98.7 Å². The first-order valence-electron chi connectivity index (χ1n) is 14.5. The number of hydrogen-bond acceptors (Lipinski definition) is 2. The number of imidazole rings is 1. The molecule has 1 saturated heterocycles. The Morgan fingerprint density at radius 3 is 1.95 bits per heavy atom. The molecule has 1 aromatic carbocycles. The number of likely N-dealkylation sites (tertiary alicyclic amines) is 1. The van der Waals surface area contributed by atoms with Crippen LogP contribution >= 0.6 is 0 Å². The SMILES string of the molecule is C=C(C)C.C=C(C)N1CCC(C(C)CC2c3ccccc3-c3cncn32)CC1.CC.CC.CC(C)(C)C. The highest BCUT2D eigenvalue weighted by molar-refractivity contribution is 5.68. The van der Waals surface area contributed by atoms with E-state index in [2.05, 4.69) is 93.4 Å². The summed E-state index contributed by atoms with van der Waals surface area (Å²) in [6.07, 6.45) is 7.81. The van der Waals surface area contributed by atoms with E-state index in [-0.39, 0.29) is 0 Å². The van der Waals surface area contributed by atoms with Crippen LogP contribution in [-0.2, 0) is 0 Å². The number of fused-ring (bicyclic) bond motifs is 3. The van der Waals surface area contributed by atoms with Gasteiger partial charge in [0.15, 0.2) is 0 Å². The molecule has 1 aromatic heterocycles. The molecule has 210 valence electrons. The van der Waals surface area contributed by atoms with Crippen molar-refractivity contribution in [2.45, 2.75) is 108 Å².